The zero-order valence-corrected chi connectivity index (χ0v) is 10.4. The van der Waals surface area contributed by atoms with Crippen molar-refractivity contribution in [2.75, 3.05) is 18.5 Å². The van der Waals surface area contributed by atoms with E-state index in [0.29, 0.717) is 19.2 Å². The van der Waals surface area contributed by atoms with Crippen molar-refractivity contribution in [2.24, 2.45) is 0 Å². The zero-order chi connectivity index (χ0) is 12.5. The highest BCUT2D eigenvalue weighted by Gasteiger charge is 2.02. The van der Waals surface area contributed by atoms with Gasteiger partial charge in [0.1, 0.15) is 6.61 Å². The van der Waals surface area contributed by atoms with Crippen molar-refractivity contribution >= 4 is 11.8 Å². The molecule has 0 heterocycles. The van der Waals surface area contributed by atoms with E-state index in [1.165, 1.54) is 0 Å². The molecule has 0 aliphatic rings. The van der Waals surface area contributed by atoms with Gasteiger partial charge < -0.3 is 10.1 Å². The summed E-state index contributed by atoms with van der Waals surface area (Å²) < 4.78 is 5.03. The molecule has 1 amide bonds. The van der Waals surface area contributed by atoms with Gasteiger partial charge >= 0.3 is 6.09 Å². The third-order valence-corrected chi connectivity index (χ3v) is 2.46. The SMILES string of the molecule is CC[C@H](C)NCCOC(=O)Nc1ccccc1. The van der Waals surface area contributed by atoms with Crippen molar-refractivity contribution in [1.29, 1.82) is 0 Å². The molecule has 0 saturated carbocycles. The predicted octanol–water partition coefficient (Wildman–Crippen LogP) is 2.62. The van der Waals surface area contributed by atoms with Crippen LogP contribution in [-0.2, 0) is 4.74 Å². The number of carbonyl (C=O) groups excluding carboxylic acids is 1. The third kappa shape index (κ3) is 5.92. The minimum atomic E-state index is -0.415. The quantitative estimate of drug-likeness (QED) is 0.746. The van der Waals surface area contributed by atoms with Crippen LogP contribution in [0.3, 0.4) is 0 Å². The molecule has 0 unspecified atom stereocenters. The van der Waals surface area contributed by atoms with Crippen molar-refractivity contribution in [3.05, 3.63) is 30.3 Å². The molecule has 0 spiro atoms. The minimum Gasteiger partial charge on any atom is -0.448 e. The fourth-order valence-electron chi connectivity index (χ4n) is 1.27. The Bertz CT molecular complexity index is 327. The first-order chi connectivity index (χ1) is 8.22. The Labute approximate surface area is 102 Å². The summed E-state index contributed by atoms with van der Waals surface area (Å²) in [6, 6.07) is 9.71. The van der Waals surface area contributed by atoms with E-state index in [1.54, 1.807) is 0 Å². The third-order valence-electron chi connectivity index (χ3n) is 2.46. The molecular formula is C13H20N2O2. The molecule has 4 heteroatoms. The second-order valence-electron chi connectivity index (χ2n) is 3.89. The normalized spacial score (nSPS) is 11.9. The molecule has 94 valence electrons. The summed E-state index contributed by atoms with van der Waals surface area (Å²) in [6.07, 6.45) is 0.651. The lowest BCUT2D eigenvalue weighted by atomic mass is 10.3. The summed E-state index contributed by atoms with van der Waals surface area (Å²) in [4.78, 5) is 11.4. The van der Waals surface area contributed by atoms with Gasteiger partial charge in [0.2, 0.25) is 0 Å². The van der Waals surface area contributed by atoms with Crippen molar-refractivity contribution in [2.45, 2.75) is 26.3 Å². The fourth-order valence-corrected chi connectivity index (χ4v) is 1.27. The first-order valence-corrected chi connectivity index (χ1v) is 5.94. The highest BCUT2D eigenvalue weighted by atomic mass is 16.5. The van der Waals surface area contributed by atoms with Gasteiger partial charge in [-0.3, -0.25) is 5.32 Å². The van der Waals surface area contributed by atoms with Gasteiger partial charge in [-0.05, 0) is 25.5 Å². The van der Waals surface area contributed by atoms with Crippen molar-refractivity contribution in [1.82, 2.24) is 5.32 Å². The van der Waals surface area contributed by atoms with Gasteiger partial charge in [0.25, 0.3) is 0 Å². The lowest BCUT2D eigenvalue weighted by Gasteiger charge is -2.11. The van der Waals surface area contributed by atoms with Crippen molar-refractivity contribution in [3.63, 3.8) is 0 Å². The molecule has 4 nitrogen and oxygen atoms in total. The molecule has 1 atom stereocenters. The Hall–Kier alpha value is -1.55. The molecule has 0 aliphatic heterocycles. The topological polar surface area (TPSA) is 50.4 Å². The first kappa shape index (κ1) is 13.5. The average Bonchev–Trinajstić information content (AvgIpc) is 2.35. The molecule has 1 rings (SSSR count). The molecule has 0 aliphatic carbocycles. The number of nitrogens with one attached hydrogen (secondary N) is 2. The number of ether oxygens (including phenoxy) is 1. The van der Waals surface area contributed by atoms with Crippen molar-refractivity contribution in [3.8, 4) is 0 Å². The van der Waals surface area contributed by atoms with Crippen LogP contribution in [0, 0.1) is 0 Å². The summed E-state index contributed by atoms with van der Waals surface area (Å²) >= 11 is 0. The largest absolute Gasteiger partial charge is 0.448 e. The molecule has 2 N–H and O–H groups in total. The number of rotatable bonds is 6. The molecule has 0 saturated heterocycles. The maximum Gasteiger partial charge on any atom is 0.411 e. The average molecular weight is 236 g/mol. The van der Waals surface area contributed by atoms with Crippen LogP contribution in [0.2, 0.25) is 0 Å². The van der Waals surface area contributed by atoms with Crippen LogP contribution in [-0.4, -0.2) is 25.3 Å². The van der Waals surface area contributed by atoms with Gasteiger partial charge in [-0.2, -0.15) is 0 Å². The van der Waals surface area contributed by atoms with E-state index in [4.69, 9.17) is 4.74 Å². The maximum atomic E-state index is 11.4. The van der Waals surface area contributed by atoms with Gasteiger partial charge in [-0.15, -0.1) is 0 Å². The Morgan fingerprint density at radius 2 is 2.06 bits per heavy atom. The van der Waals surface area contributed by atoms with Crippen molar-refractivity contribution < 1.29 is 9.53 Å². The maximum absolute atomic E-state index is 11.4. The Morgan fingerprint density at radius 1 is 1.35 bits per heavy atom. The van der Waals surface area contributed by atoms with Gasteiger partial charge in [0, 0.05) is 18.3 Å². The van der Waals surface area contributed by atoms with Crippen LogP contribution in [0.4, 0.5) is 10.5 Å². The zero-order valence-electron chi connectivity index (χ0n) is 10.4. The molecule has 0 fully saturated rings. The highest BCUT2D eigenvalue weighted by Crippen LogP contribution is 2.04. The second kappa shape index (κ2) is 7.68. The van der Waals surface area contributed by atoms with E-state index in [0.717, 1.165) is 12.1 Å². The van der Waals surface area contributed by atoms with Crippen LogP contribution >= 0.6 is 0 Å². The van der Waals surface area contributed by atoms with Gasteiger partial charge in [0.15, 0.2) is 0 Å². The highest BCUT2D eigenvalue weighted by molar-refractivity contribution is 5.84. The minimum absolute atomic E-state index is 0.378. The smallest absolute Gasteiger partial charge is 0.411 e. The molecule has 17 heavy (non-hydrogen) atoms. The van der Waals surface area contributed by atoms with E-state index in [1.807, 2.05) is 30.3 Å². The van der Waals surface area contributed by atoms with Gasteiger partial charge in [0.05, 0.1) is 0 Å². The van der Waals surface area contributed by atoms with Crippen LogP contribution in [0.25, 0.3) is 0 Å². The monoisotopic (exact) mass is 236 g/mol. The molecule has 1 aromatic rings. The Balaban J connectivity index is 2.14. The van der Waals surface area contributed by atoms with E-state index in [2.05, 4.69) is 24.5 Å². The number of hydrogen-bond acceptors (Lipinski definition) is 3. The summed E-state index contributed by atoms with van der Waals surface area (Å²) in [6.45, 7) is 5.27. The summed E-state index contributed by atoms with van der Waals surface area (Å²) in [7, 11) is 0. The van der Waals surface area contributed by atoms with Crippen LogP contribution in [0.1, 0.15) is 20.3 Å². The van der Waals surface area contributed by atoms with E-state index < -0.39 is 6.09 Å². The lowest BCUT2D eigenvalue weighted by Crippen LogP contribution is -2.30. The Morgan fingerprint density at radius 3 is 2.71 bits per heavy atom. The number of anilines is 1. The molecule has 0 aromatic heterocycles. The Kier molecular flexibility index (Phi) is 6.10. The number of hydrogen-bond donors (Lipinski definition) is 2. The van der Waals surface area contributed by atoms with Crippen LogP contribution < -0.4 is 10.6 Å². The number of benzene rings is 1. The predicted molar refractivity (Wildman–Crippen MR) is 69.2 cm³/mol. The van der Waals surface area contributed by atoms with Gasteiger partial charge in [-0.1, -0.05) is 25.1 Å². The number of amides is 1. The van der Waals surface area contributed by atoms with Crippen LogP contribution in [0.5, 0.6) is 0 Å². The molecular weight excluding hydrogens is 216 g/mol. The van der Waals surface area contributed by atoms with Crippen LogP contribution in [0.15, 0.2) is 30.3 Å². The van der Waals surface area contributed by atoms with E-state index in [9.17, 15) is 4.79 Å². The molecule has 0 radical (unpaired) electrons. The van der Waals surface area contributed by atoms with E-state index in [-0.39, 0.29) is 0 Å². The molecule has 1 aromatic carbocycles. The van der Waals surface area contributed by atoms with E-state index >= 15 is 0 Å². The summed E-state index contributed by atoms with van der Waals surface area (Å²) in [5, 5.41) is 5.90. The molecule has 0 bridgehead atoms. The summed E-state index contributed by atoms with van der Waals surface area (Å²) in [5.74, 6) is 0. The number of carbonyl (C=O) groups is 1. The fraction of sp³-hybridized carbons (Fsp3) is 0.462. The van der Waals surface area contributed by atoms with Gasteiger partial charge in [-0.25, -0.2) is 4.79 Å². The second-order valence-corrected chi connectivity index (χ2v) is 3.89. The standard InChI is InChI=1S/C13H20N2O2/c1-3-11(2)14-9-10-17-13(16)15-12-7-5-4-6-8-12/h4-8,11,14H,3,9-10H2,1-2H3,(H,15,16)/t11-/m0/s1. The summed E-state index contributed by atoms with van der Waals surface area (Å²) in [5.41, 5.74) is 0.743. The lowest BCUT2D eigenvalue weighted by molar-refractivity contribution is 0.161. The first-order valence-electron chi connectivity index (χ1n) is 5.94. The number of para-hydroxylation sites is 1.